The van der Waals surface area contributed by atoms with E-state index in [9.17, 15) is 0 Å². The molecule has 16 heavy (non-hydrogen) atoms. The maximum atomic E-state index is 3.58. The monoisotopic (exact) mass is 228 g/mol. The Bertz CT molecular complexity index is 135. The van der Waals surface area contributed by atoms with Crippen LogP contribution in [0.25, 0.3) is 0 Å². The van der Waals surface area contributed by atoms with Gasteiger partial charge >= 0.3 is 0 Å². The van der Waals surface area contributed by atoms with Crippen LogP contribution in [0.1, 0.15) is 58.8 Å². The molecule has 2 nitrogen and oxygen atoms in total. The van der Waals surface area contributed by atoms with Crippen LogP contribution in [0.2, 0.25) is 0 Å². The number of nitrogens with one attached hydrogen (secondary N) is 1. The molecule has 0 saturated carbocycles. The van der Waals surface area contributed by atoms with Gasteiger partial charge in [-0.25, -0.2) is 0 Å². The van der Waals surface area contributed by atoms with Gasteiger partial charge in [0.05, 0.1) is 0 Å². The van der Waals surface area contributed by atoms with Gasteiger partial charge < -0.3 is 10.2 Å². The van der Waals surface area contributed by atoms with Gasteiger partial charge in [0.25, 0.3) is 0 Å². The van der Waals surface area contributed by atoms with Gasteiger partial charge in [-0.15, -0.1) is 0 Å². The molecule has 0 aliphatic rings. The van der Waals surface area contributed by atoms with E-state index in [1.54, 1.807) is 0 Å². The fraction of sp³-hybridized carbons (Fsp3) is 1.00. The van der Waals surface area contributed by atoms with Crippen molar-refractivity contribution in [2.75, 3.05) is 27.2 Å². The number of hydrogen-bond acceptors (Lipinski definition) is 2. The van der Waals surface area contributed by atoms with Gasteiger partial charge in [-0.2, -0.15) is 0 Å². The lowest BCUT2D eigenvalue weighted by atomic mass is 10.1. The van der Waals surface area contributed by atoms with Crippen molar-refractivity contribution in [2.45, 2.75) is 64.8 Å². The molecule has 0 aromatic heterocycles. The predicted octanol–water partition coefficient (Wildman–Crippen LogP) is 3.28. The highest BCUT2D eigenvalue weighted by Gasteiger charge is 1.98. The molecule has 0 bridgehead atoms. The summed E-state index contributed by atoms with van der Waals surface area (Å²) in [6.07, 6.45) is 9.48. The van der Waals surface area contributed by atoms with Crippen LogP contribution in [0.4, 0.5) is 0 Å². The first-order valence-electron chi connectivity index (χ1n) is 7.05. The summed E-state index contributed by atoms with van der Waals surface area (Å²) >= 11 is 0. The van der Waals surface area contributed by atoms with E-state index in [1.807, 2.05) is 0 Å². The zero-order chi connectivity index (χ0) is 12.2. The number of unbranched alkanes of at least 4 members (excludes halogenated alkanes) is 4. The molecule has 98 valence electrons. The maximum absolute atomic E-state index is 3.58. The summed E-state index contributed by atoms with van der Waals surface area (Å²) in [6.45, 7) is 6.99. The Morgan fingerprint density at radius 1 is 1.00 bits per heavy atom. The van der Waals surface area contributed by atoms with E-state index < -0.39 is 0 Å². The normalized spacial score (nSPS) is 13.3. The lowest BCUT2D eigenvalue weighted by molar-refractivity contribution is 0.389. The SMILES string of the molecule is CCCC(C)NCCCCCCCN(C)C. The average Bonchev–Trinajstić information content (AvgIpc) is 2.22. The second-order valence-electron chi connectivity index (χ2n) is 5.21. The smallest absolute Gasteiger partial charge is 0.00386 e. The van der Waals surface area contributed by atoms with Gasteiger partial charge in [0, 0.05) is 6.04 Å². The Morgan fingerprint density at radius 3 is 2.25 bits per heavy atom. The zero-order valence-electron chi connectivity index (χ0n) is 11.9. The van der Waals surface area contributed by atoms with Crippen LogP contribution in [0.15, 0.2) is 0 Å². The topological polar surface area (TPSA) is 15.3 Å². The van der Waals surface area contributed by atoms with Crippen LogP contribution < -0.4 is 5.32 Å². The van der Waals surface area contributed by atoms with Crippen LogP contribution in [-0.4, -0.2) is 38.1 Å². The van der Waals surface area contributed by atoms with E-state index in [-0.39, 0.29) is 0 Å². The molecular formula is C14H32N2. The van der Waals surface area contributed by atoms with Crippen molar-refractivity contribution in [2.24, 2.45) is 0 Å². The van der Waals surface area contributed by atoms with Crippen LogP contribution in [0.5, 0.6) is 0 Å². The minimum atomic E-state index is 0.707. The summed E-state index contributed by atoms with van der Waals surface area (Å²) in [5.41, 5.74) is 0. The van der Waals surface area contributed by atoms with E-state index in [2.05, 4.69) is 38.2 Å². The molecule has 0 saturated heterocycles. The fourth-order valence-electron chi connectivity index (χ4n) is 1.97. The average molecular weight is 228 g/mol. The number of rotatable bonds is 11. The Hall–Kier alpha value is -0.0800. The van der Waals surface area contributed by atoms with E-state index in [0.29, 0.717) is 6.04 Å². The first kappa shape index (κ1) is 15.9. The number of nitrogens with zero attached hydrogens (tertiary/aromatic N) is 1. The van der Waals surface area contributed by atoms with Gasteiger partial charge in [-0.1, -0.05) is 32.6 Å². The molecule has 1 N–H and O–H groups in total. The molecule has 1 unspecified atom stereocenters. The molecule has 1 atom stereocenters. The summed E-state index contributed by atoms with van der Waals surface area (Å²) < 4.78 is 0. The van der Waals surface area contributed by atoms with E-state index in [0.717, 1.165) is 0 Å². The highest BCUT2D eigenvalue weighted by molar-refractivity contribution is 4.59. The second-order valence-corrected chi connectivity index (χ2v) is 5.21. The van der Waals surface area contributed by atoms with Gasteiger partial charge in [0.15, 0.2) is 0 Å². The molecular weight excluding hydrogens is 196 g/mol. The van der Waals surface area contributed by atoms with E-state index >= 15 is 0 Å². The summed E-state index contributed by atoms with van der Waals surface area (Å²) in [5, 5.41) is 3.58. The molecule has 0 spiro atoms. The van der Waals surface area contributed by atoms with Crippen molar-refractivity contribution in [3.8, 4) is 0 Å². The van der Waals surface area contributed by atoms with Crippen molar-refractivity contribution in [3.63, 3.8) is 0 Å². The first-order valence-corrected chi connectivity index (χ1v) is 7.05. The minimum Gasteiger partial charge on any atom is -0.314 e. The quantitative estimate of drug-likeness (QED) is 0.546. The molecule has 2 heteroatoms. The van der Waals surface area contributed by atoms with Gasteiger partial charge in [0.2, 0.25) is 0 Å². The summed E-state index contributed by atoms with van der Waals surface area (Å²) in [6, 6.07) is 0.707. The first-order chi connectivity index (χ1) is 7.66. The highest BCUT2D eigenvalue weighted by Crippen LogP contribution is 2.03. The van der Waals surface area contributed by atoms with E-state index in [4.69, 9.17) is 0 Å². The third kappa shape index (κ3) is 12.0. The van der Waals surface area contributed by atoms with Crippen molar-refractivity contribution in [1.29, 1.82) is 0 Å². The molecule has 0 radical (unpaired) electrons. The van der Waals surface area contributed by atoms with Crippen molar-refractivity contribution in [1.82, 2.24) is 10.2 Å². The van der Waals surface area contributed by atoms with Gasteiger partial charge in [-0.05, 0) is 53.4 Å². The van der Waals surface area contributed by atoms with E-state index in [1.165, 1.54) is 58.0 Å². The fourth-order valence-corrected chi connectivity index (χ4v) is 1.97. The van der Waals surface area contributed by atoms with Crippen LogP contribution in [-0.2, 0) is 0 Å². The Morgan fingerprint density at radius 2 is 1.62 bits per heavy atom. The van der Waals surface area contributed by atoms with Gasteiger partial charge in [-0.3, -0.25) is 0 Å². The third-order valence-electron chi connectivity index (χ3n) is 3.00. The number of hydrogen-bond donors (Lipinski definition) is 1. The van der Waals surface area contributed by atoms with Crippen LogP contribution >= 0.6 is 0 Å². The van der Waals surface area contributed by atoms with Crippen LogP contribution in [0, 0.1) is 0 Å². The van der Waals surface area contributed by atoms with Crippen molar-refractivity contribution >= 4 is 0 Å². The Kier molecular flexibility index (Phi) is 11.3. The Balaban J connectivity index is 3.04. The van der Waals surface area contributed by atoms with Crippen molar-refractivity contribution in [3.05, 3.63) is 0 Å². The van der Waals surface area contributed by atoms with Crippen LogP contribution in [0.3, 0.4) is 0 Å². The molecule has 0 aromatic rings. The maximum Gasteiger partial charge on any atom is 0.00386 e. The molecule has 0 aromatic carbocycles. The largest absolute Gasteiger partial charge is 0.314 e. The van der Waals surface area contributed by atoms with Crippen molar-refractivity contribution < 1.29 is 0 Å². The lowest BCUT2D eigenvalue weighted by Crippen LogP contribution is -2.26. The minimum absolute atomic E-state index is 0.707. The molecule has 0 aliphatic carbocycles. The second kappa shape index (κ2) is 11.4. The molecule has 0 rings (SSSR count). The molecule has 0 aliphatic heterocycles. The lowest BCUT2D eigenvalue weighted by Gasteiger charge is -2.12. The summed E-state index contributed by atoms with van der Waals surface area (Å²) in [7, 11) is 4.30. The molecule has 0 heterocycles. The molecule has 0 fully saturated rings. The highest BCUT2D eigenvalue weighted by atomic mass is 15.0. The summed E-state index contributed by atoms with van der Waals surface area (Å²) in [4.78, 5) is 2.27. The third-order valence-corrected chi connectivity index (χ3v) is 3.00. The molecule has 0 amide bonds. The Labute approximate surface area is 103 Å². The zero-order valence-corrected chi connectivity index (χ0v) is 11.9. The standard InChI is InChI=1S/C14H32N2/c1-5-11-14(2)15-12-9-7-6-8-10-13-16(3)4/h14-15H,5-13H2,1-4H3. The predicted molar refractivity (Wildman–Crippen MR) is 74.0 cm³/mol. The summed E-state index contributed by atoms with van der Waals surface area (Å²) in [5.74, 6) is 0. The van der Waals surface area contributed by atoms with Gasteiger partial charge in [0.1, 0.15) is 0 Å².